The van der Waals surface area contributed by atoms with Gasteiger partial charge in [0.15, 0.2) is 8.32 Å². The predicted molar refractivity (Wildman–Crippen MR) is 77.4 cm³/mol. The van der Waals surface area contributed by atoms with Crippen molar-refractivity contribution in [1.29, 1.82) is 0 Å². The van der Waals surface area contributed by atoms with E-state index in [1.54, 1.807) is 0 Å². The molecule has 1 heterocycles. The van der Waals surface area contributed by atoms with Crippen LogP contribution >= 0.6 is 0 Å². The largest absolute Gasteiger partial charge is 0.423 e. The average molecular weight is 282 g/mol. The molecule has 1 aromatic heterocycles. The fourth-order valence-electron chi connectivity index (χ4n) is 2.05. The van der Waals surface area contributed by atoms with Crippen molar-refractivity contribution in [2.24, 2.45) is 5.92 Å². The lowest BCUT2D eigenvalue weighted by Gasteiger charge is -2.35. The quantitative estimate of drug-likeness (QED) is 0.780. The van der Waals surface area contributed by atoms with E-state index in [2.05, 4.69) is 51.0 Å². The summed E-state index contributed by atoms with van der Waals surface area (Å²) in [6.45, 7) is 13.9. The first-order chi connectivity index (χ1) is 8.69. The Labute approximate surface area is 117 Å². The first-order valence-electron chi connectivity index (χ1n) is 7.15. The summed E-state index contributed by atoms with van der Waals surface area (Å²) in [5.74, 6) is 2.69. The summed E-state index contributed by atoms with van der Waals surface area (Å²) >= 11 is 0. The molecule has 4 nitrogen and oxygen atoms in total. The van der Waals surface area contributed by atoms with Crippen molar-refractivity contribution in [2.75, 3.05) is 0 Å². The van der Waals surface area contributed by atoms with Gasteiger partial charge in [0.1, 0.15) is 6.61 Å². The molecule has 0 aromatic carbocycles. The first-order valence-corrected chi connectivity index (χ1v) is 10.1. The lowest BCUT2D eigenvalue weighted by Crippen LogP contribution is -2.40. The Morgan fingerprint density at radius 1 is 1.26 bits per heavy atom. The Morgan fingerprint density at radius 3 is 2.42 bits per heavy atom. The van der Waals surface area contributed by atoms with Crippen molar-refractivity contribution in [2.45, 2.75) is 71.2 Å². The molecule has 5 heteroatoms. The average Bonchev–Trinajstić information content (AvgIpc) is 2.69. The van der Waals surface area contributed by atoms with Gasteiger partial charge in [0, 0.05) is 5.92 Å². The molecule has 0 saturated heterocycles. The Bertz CT molecular complexity index is 431. The molecule has 2 rings (SSSR count). The van der Waals surface area contributed by atoms with Crippen LogP contribution in [-0.4, -0.2) is 18.5 Å². The normalized spacial score (nSPS) is 24.3. The molecule has 19 heavy (non-hydrogen) atoms. The minimum atomic E-state index is -1.74. The summed E-state index contributed by atoms with van der Waals surface area (Å²) in [6.07, 6.45) is 2.34. The van der Waals surface area contributed by atoms with Gasteiger partial charge in [0.2, 0.25) is 11.8 Å². The lowest BCUT2D eigenvalue weighted by atomic mass is 9.76. The molecule has 108 valence electrons. The molecule has 1 aliphatic carbocycles. The van der Waals surface area contributed by atoms with Crippen molar-refractivity contribution >= 4 is 8.32 Å². The lowest BCUT2D eigenvalue weighted by molar-refractivity contribution is 0.213. The van der Waals surface area contributed by atoms with Crippen LogP contribution in [0.1, 0.15) is 58.2 Å². The Morgan fingerprint density at radius 2 is 1.89 bits per heavy atom. The Hall–Kier alpha value is -0.683. The molecular formula is C14H26N2O2Si. The molecule has 1 aromatic rings. The third-order valence-electron chi connectivity index (χ3n) is 4.57. The summed E-state index contributed by atoms with van der Waals surface area (Å²) in [6, 6.07) is 0. The maximum Gasteiger partial charge on any atom is 0.240 e. The third kappa shape index (κ3) is 3.26. The smallest absolute Gasteiger partial charge is 0.240 e. The molecule has 1 fully saturated rings. The van der Waals surface area contributed by atoms with E-state index in [0.29, 0.717) is 18.4 Å². The monoisotopic (exact) mass is 282 g/mol. The van der Waals surface area contributed by atoms with Crippen LogP contribution in [0.5, 0.6) is 0 Å². The summed E-state index contributed by atoms with van der Waals surface area (Å²) in [7, 11) is -1.74. The van der Waals surface area contributed by atoms with E-state index in [0.717, 1.165) is 11.8 Å². The molecule has 0 amide bonds. The van der Waals surface area contributed by atoms with Gasteiger partial charge in [-0.2, -0.15) is 0 Å². The second-order valence-corrected chi connectivity index (χ2v) is 12.2. The van der Waals surface area contributed by atoms with Gasteiger partial charge in [-0.25, -0.2) is 0 Å². The highest BCUT2D eigenvalue weighted by atomic mass is 28.4. The van der Waals surface area contributed by atoms with E-state index in [-0.39, 0.29) is 5.04 Å². The zero-order valence-corrected chi connectivity index (χ0v) is 14.0. The third-order valence-corrected chi connectivity index (χ3v) is 9.05. The standard InChI is InChI=1S/C14H26N2O2Si/c1-10-7-11(8-10)13-16-15-12(18-13)9-17-19(5,6)14(2,3)4/h10-11H,7-9H2,1-6H3/t10-,11+. The number of hydrogen-bond acceptors (Lipinski definition) is 4. The van der Waals surface area contributed by atoms with E-state index in [1.165, 1.54) is 12.8 Å². The predicted octanol–water partition coefficient (Wildman–Crippen LogP) is 4.10. The van der Waals surface area contributed by atoms with Crippen LogP contribution in [-0.2, 0) is 11.0 Å². The minimum Gasteiger partial charge on any atom is -0.423 e. The van der Waals surface area contributed by atoms with Crippen molar-refractivity contribution in [3.8, 4) is 0 Å². The van der Waals surface area contributed by atoms with Gasteiger partial charge < -0.3 is 8.84 Å². The fourth-order valence-corrected chi connectivity index (χ4v) is 2.97. The highest BCUT2D eigenvalue weighted by Crippen LogP contribution is 2.40. The second kappa shape index (κ2) is 5.02. The van der Waals surface area contributed by atoms with Crippen molar-refractivity contribution in [3.05, 3.63) is 11.8 Å². The van der Waals surface area contributed by atoms with Crippen LogP contribution < -0.4 is 0 Å². The molecule has 0 atom stereocenters. The number of nitrogens with zero attached hydrogens (tertiary/aromatic N) is 2. The summed E-state index contributed by atoms with van der Waals surface area (Å²) in [4.78, 5) is 0. The Kier molecular flexibility index (Phi) is 3.89. The van der Waals surface area contributed by atoms with E-state index in [1.807, 2.05) is 0 Å². The van der Waals surface area contributed by atoms with Crippen LogP contribution in [0.25, 0.3) is 0 Å². The molecule has 0 aliphatic heterocycles. The van der Waals surface area contributed by atoms with Crippen LogP contribution in [0.4, 0.5) is 0 Å². The second-order valence-electron chi connectivity index (χ2n) is 7.36. The van der Waals surface area contributed by atoms with Crippen LogP contribution in [0.3, 0.4) is 0 Å². The van der Waals surface area contributed by atoms with Crippen LogP contribution in [0.2, 0.25) is 18.1 Å². The minimum absolute atomic E-state index is 0.208. The first kappa shape index (κ1) is 14.7. The summed E-state index contributed by atoms with van der Waals surface area (Å²) in [5, 5.41) is 8.47. The van der Waals surface area contributed by atoms with Gasteiger partial charge in [-0.05, 0) is 36.9 Å². The zero-order chi connectivity index (χ0) is 14.3. The van der Waals surface area contributed by atoms with Crippen LogP contribution in [0.15, 0.2) is 4.42 Å². The number of hydrogen-bond donors (Lipinski definition) is 0. The molecule has 0 radical (unpaired) electrons. The van der Waals surface area contributed by atoms with E-state index in [4.69, 9.17) is 8.84 Å². The van der Waals surface area contributed by atoms with Gasteiger partial charge in [0.05, 0.1) is 0 Å². The molecule has 0 spiro atoms. The van der Waals surface area contributed by atoms with E-state index < -0.39 is 8.32 Å². The zero-order valence-electron chi connectivity index (χ0n) is 13.0. The molecule has 0 unspecified atom stereocenters. The van der Waals surface area contributed by atoms with Gasteiger partial charge in [-0.15, -0.1) is 10.2 Å². The maximum absolute atomic E-state index is 6.09. The van der Waals surface area contributed by atoms with Gasteiger partial charge in [-0.3, -0.25) is 0 Å². The van der Waals surface area contributed by atoms with Crippen molar-refractivity contribution in [1.82, 2.24) is 10.2 Å². The SMILES string of the molecule is CC(C)(C)[Si](C)(C)OCc1nnc([C@H]2C[C@@H](C)C2)o1. The fraction of sp³-hybridized carbons (Fsp3) is 0.857. The summed E-state index contributed by atoms with van der Waals surface area (Å²) in [5.41, 5.74) is 0. The number of rotatable bonds is 4. The van der Waals surface area contributed by atoms with Gasteiger partial charge in [0.25, 0.3) is 0 Å². The molecule has 1 aliphatic rings. The van der Waals surface area contributed by atoms with Gasteiger partial charge >= 0.3 is 0 Å². The maximum atomic E-state index is 6.09. The van der Waals surface area contributed by atoms with E-state index >= 15 is 0 Å². The highest BCUT2D eigenvalue weighted by Gasteiger charge is 2.37. The van der Waals surface area contributed by atoms with Crippen LogP contribution in [0, 0.1) is 5.92 Å². The topological polar surface area (TPSA) is 48.2 Å². The van der Waals surface area contributed by atoms with Crippen molar-refractivity contribution in [3.63, 3.8) is 0 Å². The van der Waals surface area contributed by atoms with Gasteiger partial charge in [-0.1, -0.05) is 27.7 Å². The molecule has 1 saturated carbocycles. The van der Waals surface area contributed by atoms with E-state index in [9.17, 15) is 0 Å². The molecule has 0 bridgehead atoms. The van der Waals surface area contributed by atoms with Crippen molar-refractivity contribution < 1.29 is 8.84 Å². The summed E-state index contributed by atoms with van der Waals surface area (Å²) < 4.78 is 11.8. The molecular weight excluding hydrogens is 256 g/mol. The molecule has 0 N–H and O–H groups in total. The number of aromatic nitrogens is 2. The Balaban J connectivity index is 1.90. The highest BCUT2D eigenvalue weighted by molar-refractivity contribution is 6.74.